The molecule has 0 unspecified atom stereocenters. The second kappa shape index (κ2) is 8.14. The Morgan fingerprint density at radius 2 is 1.97 bits per heavy atom. The number of carbonyl (C=O) groups is 1. The lowest BCUT2D eigenvalue weighted by atomic mass is 10.2. The van der Waals surface area contributed by atoms with Gasteiger partial charge in [-0.1, -0.05) is 17.7 Å². The zero-order chi connectivity index (χ0) is 21.2. The average molecular weight is 435 g/mol. The predicted octanol–water partition coefficient (Wildman–Crippen LogP) is 3.47. The minimum absolute atomic E-state index is 0.276. The van der Waals surface area contributed by atoms with Crippen LogP contribution in [0.25, 0.3) is 5.69 Å². The van der Waals surface area contributed by atoms with Gasteiger partial charge in [-0.05, 0) is 37.3 Å². The number of halogens is 1. The number of methoxy groups -OCH3 is 1. The van der Waals surface area contributed by atoms with Crippen molar-refractivity contribution in [3.05, 3.63) is 64.9 Å². The van der Waals surface area contributed by atoms with E-state index >= 15 is 0 Å². The van der Waals surface area contributed by atoms with Crippen LogP contribution in [0.2, 0.25) is 5.02 Å². The van der Waals surface area contributed by atoms with Gasteiger partial charge in [-0.2, -0.15) is 5.10 Å². The van der Waals surface area contributed by atoms with Crippen LogP contribution in [-0.4, -0.2) is 37.5 Å². The number of hydrogen-bond donors (Lipinski definition) is 2. The number of hydrogen-bond acceptors (Lipinski definition) is 5. The smallest absolute Gasteiger partial charge is 0.259 e. The summed E-state index contributed by atoms with van der Waals surface area (Å²) in [4.78, 5) is 12.7. The third-order valence-corrected chi connectivity index (χ3v) is 4.89. The number of anilines is 2. The lowest BCUT2D eigenvalue weighted by Crippen LogP contribution is -2.14. The highest BCUT2D eigenvalue weighted by molar-refractivity contribution is 7.92. The Labute approximate surface area is 173 Å². The summed E-state index contributed by atoms with van der Waals surface area (Å²) in [6, 6.07) is 11.8. The van der Waals surface area contributed by atoms with E-state index in [2.05, 4.69) is 15.1 Å². The Bertz CT molecular complexity index is 1170. The quantitative estimate of drug-likeness (QED) is 0.618. The number of sulfonamides is 1. The van der Waals surface area contributed by atoms with E-state index in [1.54, 1.807) is 35.9 Å². The van der Waals surface area contributed by atoms with Crippen molar-refractivity contribution < 1.29 is 17.9 Å². The van der Waals surface area contributed by atoms with Gasteiger partial charge in [0.05, 0.1) is 42.2 Å². The van der Waals surface area contributed by atoms with Crippen LogP contribution in [-0.2, 0) is 10.0 Å². The van der Waals surface area contributed by atoms with Crippen molar-refractivity contribution in [1.29, 1.82) is 0 Å². The lowest BCUT2D eigenvalue weighted by molar-refractivity contribution is 0.102. The molecule has 1 aromatic heterocycles. The number of benzene rings is 2. The maximum atomic E-state index is 12.7. The van der Waals surface area contributed by atoms with Crippen LogP contribution >= 0.6 is 11.6 Å². The molecule has 0 fully saturated rings. The zero-order valence-electron chi connectivity index (χ0n) is 15.9. The molecule has 1 amide bonds. The highest BCUT2D eigenvalue weighted by atomic mass is 35.5. The number of aromatic nitrogens is 2. The first-order valence-electron chi connectivity index (χ1n) is 8.45. The van der Waals surface area contributed by atoms with Crippen LogP contribution in [0.3, 0.4) is 0 Å². The summed E-state index contributed by atoms with van der Waals surface area (Å²) in [6.07, 6.45) is 2.52. The molecule has 29 heavy (non-hydrogen) atoms. The van der Waals surface area contributed by atoms with Gasteiger partial charge in [-0.3, -0.25) is 9.52 Å². The standard InChI is InChI=1S/C19H19ClN4O4S/c1-12-16(11-21-24(12)15-6-4-5-13(20)9-15)19(25)22-14-7-8-17(18(10-14)28-2)23-29(3,26)27/h4-11,23H,1-3H3,(H,22,25). The molecule has 0 radical (unpaired) electrons. The summed E-state index contributed by atoms with van der Waals surface area (Å²) in [7, 11) is -2.05. The monoisotopic (exact) mass is 434 g/mol. The van der Waals surface area contributed by atoms with Gasteiger partial charge in [0.1, 0.15) is 5.75 Å². The molecule has 0 saturated heterocycles. The second-order valence-electron chi connectivity index (χ2n) is 6.28. The summed E-state index contributed by atoms with van der Waals surface area (Å²) >= 11 is 6.03. The summed E-state index contributed by atoms with van der Waals surface area (Å²) in [5.74, 6) is -0.0822. The Kier molecular flexibility index (Phi) is 5.81. The number of nitrogens with zero attached hydrogens (tertiary/aromatic N) is 2. The molecule has 0 spiro atoms. The summed E-state index contributed by atoms with van der Waals surface area (Å²) in [5.41, 5.74) is 2.50. The van der Waals surface area contributed by atoms with E-state index in [-0.39, 0.29) is 17.3 Å². The molecule has 0 saturated carbocycles. The van der Waals surface area contributed by atoms with Gasteiger partial charge in [0.25, 0.3) is 5.91 Å². The van der Waals surface area contributed by atoms with Crippen molar-refractivity contribution >= 4 is 38.9 Å². The van der Waals surface area contributed by atoms with E-state index in [9.17, 15) is 13.2 Å². The van der Waals surface area contributed by atoms with Crippen LogP contribution in [0.5, 0.6) is 5.75 Å². The Morgan fingerprint density at radius 3 is 2.62 bits per heavy atom. The summed E-state index contributed by atoms with van der Waals surface area (Å²) in [5, 5.41) is 7.61. The van der Waals surface area contributed by atoms with Crippen molar-refractivity contribution in [1.82, 2.24) is 9.78 Å². The molecule has 8 nitrogen and oxygen atoms in total. The fourth-order valence-corrected chi connectivity index (χ4v) is 3.50. The highest BCUT2D eigenvalue weighted by Gasteiger charge is 2.17. The van der Waals surface area contributed by atoms with Crippen molar-refractivity contribution in [2.45, 2.75) is 6.92 Å². The molecule has 0 aliphatic carbocycles. The molecule has 0 atom stereocenters. The normalized spacial score (nSPS) is 11.2. The minimum Gasteiger partial charge on any atom is -0.494 e. The third kappa shape index (κ3) is 4.87. The Balaban J connectivity index is 1.84. The van der Waals surface area contributed by atoms with E-state index in [1.165, 1.54) is 25.4 Å². The topological polar surface area (TPSA) is 102 Å². The molecule has 3 rings (SSSR count). The van der Waals surface area contributed by atoms with Crippen LogP contribution in [0.15, 0.2) is 48.7 Å². The second-order valence-corrected chi connectivity index (χ2v) is 8.46. The molecule has 0 aliphatic heterocycles. The molecule has 1 heterocycles. The molecule has 3 aromatic rings. The first-order valence-corrected chi connectivity index (χ1v) is 10.7. The fourth-order valence-electron chi connectivity index (χ4n) is 2.75. The molecule has 2 aromatic carbocycles. The van der Waals surface area contributed by atoms with E-state index in [4.69, 9.17) is 16.3 Å². The SMILES string of the molecule is COc1cc(NC(=O)c2cnn(-c3cccc(Cl)c3)c2C)ccc1NS(C)(=O)=O. The summed E-state index contributed by atoms with van der Waals surface area (Å²) < 4.78 is 32.1. The van der Waals surface area contributed by atoms with E-state index in [0.717, 1.165) is 11.9 Å². The van der Waals surface area contributed by atoms with Crippen LogP contribution in [0, 0.1) is 6.92 Å². The van der Waals surface area contributed by atoms with Crippen molar-refractivity contribution in [2.24, 2.45) is 0 Å². The van der Waals surface area contributed by atoms with Gasteiger partial charge in [-0.15, -0.1) is 0 Å². The largest absolute Gasteiger partial charge is 0.494 e. The van der Waals surface area contributed by atoms with Crippen molar-refractivity contribution in [3.8, 4) is 11.4 Å². The third-order valence-electron chi connectivity index (χ3n) is 4.06. The highest BCUT2D eigenvalue weighted by Crippen LogP contribution is 2.29. The number of rotatable bonds is 6. The minimum atomic E-state index is -3.46. The average Bonchev–Trinajstić information content (AvgIpc) is 3.03. The molecular weight excluding hydrogens is 416 g/mol. The van der Waals surface area contributed by atoms with Crippen LogP contribution in [0.1, 0.15) is 16.1 Å². The number of ether oxygens (including phenoxy) is 1. The van der Waals surface area contributed by atoms with E-state index in [0.29, 0.717) is 22.0 Å². The van der Waals surface area contributed by atoms with Gasteiger partial charge in [-0.25, -0.2) is 13.1 Å². The first-order chi connectivity index (χ1) is 13.7. The maximum absolute atomic E-state index is 12.7. The molecule has 0 bridgehead atoms. The van der Waals surface area contributed by atoms with E-state index < -0.39 is 10.0 Å². The van der Waals surface area contributed by atoms with Crippen LogP contribution < -0.4 is 14.8 Å². The van der Waals surface area contributed by atoms with Crippen LogP contribution in [0.4, 0.5) is 11.4 Å². The molecule has 0 aliphatic rings. The summed E-state index contributed by atoms with van der Waals surface area (Å²) in [6.45, 7) is 1.78. The van der Waals surface area contributed by atoms with Gasteiger partial charge in [0.15, 0.2) is 0 Å². The molecule has 2 N–H and O–H groups in total. The fraction of sp³-hybridized carbons (Fsp3) is 0.158. The number of amides is 1. The Morgan fingerprint density at radius 1 is 1.21 bits per heavy atom. The number of carbonyl (C=O) groups excluding carboxylic acids is 1. The van der Waals surface area contributed by atoms with E-state index in [1.807, 2.05) is 6.07 Å². The molecule has 10 heteroatoms. The van der Waals surface area contributed by atoms with Crippen molar-refractivity contribution in [3.63, 3.8) is 0 Å². The zero-order valence-corrected chi connectivity index (χ0v) is 17.5. The lowest BCUT2D eigenvalue weighted by Gasteiger charge is -2.12. The van der Waals surface area contributed by atoms with Gasteiger partial charge >= 0.3 is 0 Å². The van der Waals surface area contributed by atoms with Crippen molar-refractivity contribution in [2.75, 3.05) is 23.4 Å². The van der Waals surface area contributed by atoms with Gasteiger partial charge in [0, 0.05) is 16.8 Å². The predicted molar refractivity (Wildman–Crippen MR) is 113 cm³/mol. The number of nitrogens with one attached hydrogen (secondary N) is 2. The van der Waals surface area contributed by atoms with Gasteiger partial charge < -0.3 is 10.1 Å². The first kappa shape index (κ1) is 20.7. The molecular formula is C19H19ClN4O4S. The molecule has 152 valence electrons. The van der Waals surface area contributed by atoms with Gasteiger partial charge in [0.2, 0.25) is 10.0 Å². The Hall–Kier alpha value is -3.04. The maximum Gasteiger partial charge on any atom is 0.259 e.